The normalized spacial score (nSPS) is 18.5. The first kappa shape index (κ1) is 13.9. The maximum atomic E-state index is 12.5. The van der Waals surface area contributed by atoms with E-state index in [1.165, 1.54) is 12.1 Å². The molecule has 0 aromatic heterocycles. The number of hydrogen-bond donors (Lipinski definition) is 1. The number of nitrogens with zero attached hydrogens (tertiary/aromatic N) is 1. The second-order valence-corrected chi connectivity index (χ2v) is 4.60. The number of likely N-dealkylation sites (tertiary alicyclic amines) is 1. The van der Waals surface area contributed by atoms with Crippen molar-refractivity contribution in [3.8, 4) is 0 Å². The fourth-order valence-electron chi connectivity index (χ4n) is 2.36. The number of carboxylic acids is 1. The molecule has 1 aromatic rings. The molecule has 1 fully saturated rings. The summed E-state index contributed by atoms with van der Waals surface area (Å²) in [6.07, 6.45) is -2.56. The maximum absolute atomic E-state index is 12.5. The highest BCUT2D eigenvalue weighted by Gasteiger charge is 2.32. The monoisotopic (exact) mass is 273 g/mol. The van der Waals surface area contributed by atoms with Gasteiger partial charge >= 0.3 is 12.1 Å². The van der Waals surface area contributed by atoms with E-state index in [0.29, 0.717) is 18.7 Å². The van der Waals surface area contributed by atoms with Gasteiger partial charge in [0.2, 0.25) is 0 Å². The van der Waals surface area contributed by atoms with Gasteiger partial charge < -0.3 is 5.11 Å². The summed E-state index contributed by atoms with van der Waals surface area (Å²) < 4.78 is 37.4. The number of carboxylic acid groups (broad SMARTS) is 1. The van der Waals surface area contributed by atoms with E-state index in [4.69, 9.17) is 0 Å². The molecule has 0 radical (unpaired) electrons. The quantitative estimate of drug-likeness (QED) is 0.920. The molecule has 0 saturated carbocycles. The topological polar surface area (TPSA) is 40.5 Å². The van der Waals surface area contributed by atoms with Crippen molar-refractivity contribution in [3.63, 3.8) is 0 Å². The molecule has 1 saturated heterocycles. The van der Waals surface area contributed by atoms with Crippen molar-refractivity contribution in [2.75, 3.05) is 13.1 Å². The molecule has 19 heavy (non-hydrogen) atoms. The third-order valence-corrected chi connectivity index (χ3v) is 3.29. The molecule has 0 aliphatic carbocycles. The summed E-state index contributed by atoms with van der Waals surface area (Å²) in [7, 11) is 0. The minimum Gasteiger partial charge on any atom is -0.480 e. The van der Waals surface area contributed by atoms with Crippen LogP contribution in [-0.4, -0.2) is 29.1 Å². The molecule has 2 rings (SSSR count). The maximum Gasteiger partial charge on any atom is 0.416 e. The van der Waals surface area contributed by atoms with Crippen LogP contribution in [0, 0.1) is 0 Å². The van der Waals surface area contributed by atoms with E-state index in [0.717, 1.165) is 25.0 Å². The summed E-state index contributed by atoms with van der Waals surface area (Å²) >= 11 is 0. The fourth-order valence-corrected chi connectivity index (χ4v) is 2.36. The van der Waals surface area contributed by atoms with Gasteiger partial charge in [-0.3, -0.25) is 9.69 Å². The van der Waals surface area contributed by atoms with Crippen LogP contribution in [0.15, 0.2) is 24.3 Å². The van der Waals surface area contributed by atoms with Crippen molar-refractivity contribution in [3.05, 3.63) is 35.4 Å². The predicted molar refractivity (Wildman–Crippen MR) is 62.6 cm³/mol. The van der Waals surface area contributed by atoms with Gasteiger partial charge in [-0.2, -0.15) is 13.2 Å². The van der Waals surface area contributed by atoms with Gasteiger partial charge in [0, 0.05) is 0 Å². The van der Waals surface area contributed by atoms with Gasteiger partial charge in [0.1, 0.15) is 6.04 Å². The summed E-state index contributed by atoms with van der Waals surface area (Å²) in [4.78, 5) is 13.1. The molecule has 1 heterocycles. The average molecular weight is 273 g/mol. The van der Waals surface area contributed by atoms with Crippen molar-refractivity contribution in [1.82, 2.24) is 4.90 Å². The third-order valence-electron chi connectivity index (χ3n) is 3.29. The summed E-state index contributed by atoms with van der Waals surface area (Å²) in [6, 6.07) is 3.51. The highest BCUT2D eigenvalue weighted by molar-refractivity contribution is 5.75. The predicted octanol–water partition coefficient (Wildman–Crippen LogP) is 2.93. The van der Waals surface area contributed by atoms with Gasteiger partial charge in [0.05, 0.1) is 5.56 Å². The van der Waals surface area contributed by atoms with Gasteiger partial charge in [-0.1, -0.05) is 12.1 Å². The Hall–Kier alpha value is -1.56. The molecular weight excluding hydrogens is 259 g/mol. The van der Waals surface area contributed by atoms with Crippen LogP contribution in [0.3, 0.4) is 0 Å². The average Bonchev–Trinajstić information content (AvgIpc) is 2.82. The van der Waals surface area contributed by atoms with Crippen LogP contribution in [0.4, 0.5) is 13.2 Å². The van der Waals surface area contributed by atoms with Crippen LogP contribution in [0.1, 0.15) is 30.0 Å². The number of alkyl halides is 3. The number of hydrogen-bond acceptors (Lipinski definition) is 2. The van der Waals surface area contributed by atoms with Crippen LogP contribution in [0.2, 0.25) is 0 Å². The fraction of sp³-hybridized carbons (Fsp3) is 0.462. The van der Waals surface area contributed by atoms with Gasteiger partial charge in [-0.15, -0.1) is 0 Å². The lowest BCUT2D eigenvalue weighted by atomic mass is 10.0. The number of aliphatic carboxylic acids is 1. The van der Waals surface area contributed by atoms with Crippen LogP contribution >= 0.6 is 0 Å². The molecule has 3 nitrogen and oxygen atoms in total. The number of benzene rings is 1. The summed E-state index contributed by atoms with van der Waals surface area (Å²) in [5, 5.41) is 9.25. The molecule has 1 atom stereocenters. The molecule has 1 N–H and O–H groups in total. The van der Waals surface area contributed by atoms with Crippen molar-refractivity contribution in [1.29, 1.82) is 0 Å². The van der Waals surface area contributed by atoms with Crippen LogP contribution in [-0.2, 0) is 11.0 Å². The molecule has 1 aliphatic rings. The molecule has 6 heteroatoms. The van der Waals surface area contributed by atoms with Crippen LogP contribution in [0.25, 0.3) is 0 Å². The second-order valence-electron chi connectivity index (χ2n) is 4.60. The van der Waals surface area contributed by atoms with Crippen LogP contribution in [0.5, 0.6) is 0 Å². The van der Waals surface area contributed by atoms with E-state index in [1.54, 1.807) is 4.90 Å². The van der Waals surface area contributed by atoms with Gasteiger partial charge in [0.15, 0.2) is 0 Å². The van der Waals surface area contributed by atoms with E-state index in [9.17, 15) is 23.1 Å². The van der Waals surface area contributed by atoms with Crippen molar-refractivity contribution in [2.24, 2.45) is 0 Å². The van der Waals surface area contributed by atoms with Gasteiger partial charge in [-0.25, -0.2) is 0 Å². The van der Waals surface area contributed by atoms with E-state index < -0.39 is 23.8 Å². The first-order valence-electron chi connectivity index (χ1n) is 6.03. The van der Waals surface area contributed by atoms with E-state index in [-0.39, 0.29) is 0 Å². The smallest absolute Gasteiger partial charge is 0.416 e. The molecule has 0 amide bonds. The van der Waals surface area contributed by atoms with E-state index >= 15 is 0 Å². The van der Waals surface area contributed by atoms with Crippen LogP contribution < -0.4 is 0 Å². The highest BCUT2D eigenvalue weighted by atomic mass is 19.4. The Kier molecular flexibility index (Phi) is 3.80. The standard InChI is InChI=1S/C13H14F3NO2/c14-13(15,16)10-5-3-9(4-6-10)11(12(18)19)17-7-1-2-8-17/h3-6,11H,1-2,7-8H2,(H,18,19)/t11-/m1/s1. The Morgan fingerprint density at radius 1 is 1.16 bits per heavy atom. The van der Waals surface area contributed by atoms with Crippen molar-refractivity contribution in [2.45, 2.75) is 25.1 Å². The summed E-state index contributed by atoms with van der Waals surface area (Å²) in [5.41, 5.74) is -0.371. The zero-order valence-corrected chi connectivity index (χ0v) is 10.2. The number of rotatable bonds is 3. The number of halogens is 3. The SMILES string of the molecule is O=C(O)[C@@H](c1ccc(C(F)(F)F)cc1)N1CCCC1. The molecule has 0 unspecified atom stereocenters. The first-order valence-corrected chi connectivity index (χ1v) is 6.03. The minimum absolute atomic E-state index is 0.391. The molecule has 0 spiro atoms. The lowest BCUT2D eigenvalue weighted by Gasteiger charge is -2.24. The van der Waals surface area contributed by atoms with E-state index in [1.807, 2.05) is 0 Å². The lowest BCUT2D eigenvalue weighted by molar-refractivity contribution is -0.143. The summed E-state index contributed by atoms with van der Waals surface area (Å²) in [6.45, 7) is 1.33. The zero-order valence-electron chi connectivity index (χ0n) is 10.2. The Morgan fingerprint density at radius 3 is 2.11 bits per heavy atom. The molecule has 104 valence electrons. The lowest BCUT2D eigenvalue weighted by Crippen LogP contribution is -2.31. The molecule has 1 aliphatic heterocycles. The molecular formula is C13H14F3NO2. The van der Waals surface area contributed by atoms with E-state index in [2.05, 4.69) is 0 Å². The Balaban J connectivity index is 2.25. The minimum atomic E-state index is -4.40. The number of carbonyl (C=O) groups is 1. The largest absolute Gasteiger partial charge is 0.480 e. The van der Waals surface area contributed by atoms with Gasteiger partial charge in [0.25, 0.3) is 0 Å². The Morgan fingerprint density at radius 2 is 1.68 bits per heavy atom. The second kappa shape index (κ2) is 5.21. The zero-order chi connectivity index (χ0) is 14.0. The summed E-state index contributed by atoms with van der Waals surface area (Å²) in [5.74, 6) is -1.03. The molecule has 1 aromatic carbocycles. The third kappa shape index (κ3) is 3.07. The van der Waals surface area contributed by atoms with Crippen molar-refractivity contribution >= 4 is 5.97 Å². The first-order chi connectivity index (χ1) is 8.89. The Labute approximate surface area is 108 Å². The molecule has 0 bridgehead atoms. The highest BCUT2D eigenvalue weighted by Crippen LogP contribution is 2.31. The Bertz CT molecular complexity index is 450. The van der Waals surface area contributed by atoms with Crippen molar-refractivity contribution < 1.29 is 23.1 Å². The van der Waals surface area contributed by atoms with Gasteiger partial charge in [-0.05, 0) is 43.6 Å².